The van der Waals surface area contributed by atoms with Crippen LogP contribution in [-0.4, -0.2) is 27.1 Å². The van der Waals surface area contributed by atoms with Gasteiger partial charge in [0.25, 0.3) is 0 Å². The second-order valence-electron chi connectivity index (χ2n) is 5.09. The van der Waals surface area contributed by atoms with E-state index in [2.05, 4.69) is 5.32 Å². The third-order valence-electron chi connectivity index (χ3n) is 3.19. The Hall–Kier alpha value is -2.12. The van der Waals surface area contributed by atoms with Crippen molar-refractivity contribution in [1.29, 1.82) is 0 Å². The Kier molecular flexibility index (Phi) is 5.80. The molecule has 8 heteroatoms. The highest BCUT2D eigenvalue weighted by Crippen LogP contribution is 2.21. The van der Waals surface area contributed by atoms with E-state index in [1.165, 1.54) is 24.3 Å². The van der Waals surface area contributed by atoms with Gasteiger partial charge in [-0.05, 0) is 36.4 Å². The van der Waals surface area contributed by atoms with E-state index in [-0.39, 0.29) is 24.6 Å². The average molecular weight is 371 g/mol. The predicted octanol–water partition coefficient (Wildman–Crippen LogP) is 3.27. The van der Waals surface area contributed by atoms with E-state index in [1.54, 1.807) is 24.3 Å². The predicted molar refractivity (Wildman–Crippen MR) is 93.3 cm³/mol. The molecule has 0 aromatic heterocycles. The summed E-state index contributed by atoms with van der Waals surface area (Å²) >= 11 is 5.76. The molecule has 2 aromatic carbocycles. The molecule has 128 valence electrons. The molecule has 0 aliphatic rings. The molecule has 2 aromatic rings. The van der Waals surface area contributed by atoms with E-state index in [0.29, 0.717) is 10.7 Å². The number of nitrogens with one attached hydrogen (secondary N) is 1. The molecule has 0 aliphatic heterocycles. The molecular formula is C16H16ClFN2O3S. The van der Waals surface area contributed by atoms with E-state index >= 15 is 0 Å². The molecule has 2 rings (SSSR count). The quantitative estimate of drug-likeness (QED) is 0.848. The summed E-state index contributed by atoms with van der Waals surface area (Å²) in [4.78, 5) is 12.0. The molecule has 0 heterocycles. The maximum Gasteiger partial charge on any atom is 0.232 e. The number of benzene rings is 2. The van der Waals surface area contributed by atoms with Gasteiger partial charge in [-0.2, -0.15) is 0 Å². The van der Waals surface area contributed by atoms with Crippen molar-refractivity contribution < 1.29 is 17.6 Å². The van der Waals surface area contributed by atoms with Gasteiger partial charge in [-0.3, -0.25) is 9.10 Å². The molecule has 0 atom stereocenters. The van der Waals surface area contributed by atoms with Crippen molar-refractivity contribution in [3.8, 4) is 0 Å². The largest absolute Gasteiger partial charge is 0.326 e. The maximum atomic E-state index is 13.9. The van der Waals surface area contributed by atoms with Crippen molar-refractivity contribution in [2.75, 3.05) is 22.4 Å². The van der Waals surface area contributed by atoms with E-state index in [9.17, 15) is 17.6 Å². The molecule has 24 heavy (non-hydrogen) atoms. The van der Waals surface area contributed by atoms with Gasteiger partial charge in [0.1, 0.15) is 5.82 Å². The van der Waals surface area contributed by atoms with Gasteiger partial charge in [0.15, 0.2) is 0 Å². The van der Waals surface area contributed by atoms with Crippen LogP contribution in [0.15, 0.2) is 48.5 Å². The van der Waals surface area contributed by atoms with Crippen LogP contribution in [-0.2, 0) is 14.8 Å². The van der Waals surface area contributed by atoms with Crippen LogP contribution >= 0.6 is 11.6 Å². The van der Waals surface area contributed by atoms with E-state index in [1.807, 2.05) is 0 Å². The number of para-hydroxylation sites is 1. The van der Waals surface area contributed by atoms with Crippen LogP contribution in [0, 0.1) is 5.82 Å². The minimum absolute atomic E-state index is 0.0840. The Labute approximate surface area is 145 Å². The summed E-state index contributed by atoms with van der Waals surface area (Å²) in [6, 6.07) is 12.0. The summed E-state index contributed by atoms with van der Waals surface area (Å²) < 4.78 is 38.5. The first-order valence-electron chi connectivity index (χ1n) is 7.05. The first-order chi connectivity index (χ1) is 11.3. The normalized spacial score (nSPS) is 11.1. The van der Waals surface area contributed by atoms with Crippen LogP contribution in [0.5, 0.6) is 0 Å². The number of anilines is 2. The zero-order valence-corrected chi connectivity index (χ0v) is 14.4. The SMILES string of the molecule is CS(=O)(=O)N(CCC(=O)Nc1ccc(Cl)cc1)c1ccccc1F. The fourth-order valence-electron chi connectivity index (χ4n) is 2.08. The molecule has 0 unspecified atom stereocenters. The van der Waals surface area contributed by atoms with Crippen LogP contribution in [0.3, 0.4) is 0 Å². The monoisotopic (exact) mass is 370 g/mol. The second-order valence-corrected chi connectivity index (χ2v) is 7.43. The van der Waals surface area contributed by atoms with Gasteiger partial charge >= 0.3 is 0 Å². The van der Waals surface area contributed by atoms with Gasteiger partial charge in [-0.1, -0.05) is 23.7 Å². The van der Waals surface area contributed by atoms with E-state index in [4.69, 9.17) is 11.6 Å². The number of carbonyl (C=O) groups is 1. The Morgan fingerprint density at radius 3 is 2.38 bits per heavy atom. The lowest BCUT2D eigenvalue weighted by atomic mass is 10.3. The minimum atomic E-state index is -3.72. The second kappa shape index (κ2) is 7.63. The maximum absolute atomic E-state index is 13.9. The van der Waals surface area contributed by atoms with Crippen molar-refractivity contribution in [2.24, 2.45) is 0 Å². The zero-order valence-electron chi connectivity index (χ0n) is 12.9. The Morgan fingerprint density at radius 1 is 1.17 bits per heavy atom. The molecule has 0 radical (unpaired) electrons. The highest BCUT2D eigenvalue weighted by atomic mass is 35.5. The summed E-state index contributed by atoms with van der Waals surface area (Å²) in [7, 11) is -3.72. The zero-order chi connectivity index (χ0) is 17.7. The molecule has 0 bridgehead atoms. The number of nitrogens with zero attached hydrogens (tertiary/aromatic N) is 1. The molecular weight excluding hydrogens is 355 g/mol. The minimum Gasteiger partial charge on any atom is -0.326 e. The van der Waals surface area contributed by atoms with Crippen molar-refractivity contribution in [3.63, 3.8) is 0 Å². The van der Waals surface area contributed by atoms with Crippen molar-refractivity contribution >= 4 is 38.9 Å². The lowest BCUT2D eigenvalue weighted by molar-refractivity contribution is -0.116. The number of amides is 1. The fourth-order valence-corrected chi connectivity index (χ4v) is 3.13. The molecule has 0 saturated carbocycles. The summed E-state index contributed by atoms with van der Waals surface area (Å²) in [5.41, 5.74) is 0.459. The Bertz CT molecular complexity index is 825. The lowest BCUT2D eigenvalue weighted by Crippen LogP contribution is -2.33. The van der Waals surface area contributed by atoms with Gasteiger partial charge < -0.3 is 5.32 Å². The Morgan fingerprint density at radius 2 is 1.79 bits per heavy atom. The molecule has 0 spiro atoms. The van der Waals surface area contributed by atoms with Gasteiger partial charge in [-0.15, -0.1) is 0 Å². The van der Waals surface area contributed by atoms with Crippen LogP contribution in [0.25, 0.3) is 0 Å². The molecule has 1 N–H and O–H groups in total. The van der Waals surface area contributed by atoms with Gasteiger partial charge in [-0.25, -0.2) is 12.8 Å². The number of hydrogen-bond acceptors (Lipinski definition) is 3. The highest BCUT2D eigenvalue weighted by Gasteiger charge is 2.21. The van der Waals surface area contributed by atoms with Crippen LogP contribution < -0.4 is 9.62 Å². The average Bonchev–Trinajstić information content (AvgIpc) is 2.50. The number of sulfonamides is 1. The smallest absolute Gasteiger partial charge is 0.232 e. The molecule has 0 aliphatic carbocycles. The third-order valence-corrected chi connectivity index (χ3v) is 4.62. The van der Waals surface area contributed by atoms with Crippen LogP contribution in [0.4, 0.5) is 15.8 Å². The topological polar surface area (TPSA) is 66.5 Å². The Balaban J connectivity index is 2.07. The fraction of sp³-hybridized carbons (Fsp3) is 0.188. The first kappa shape index (κ1) is 18.2. The summed E-state index contributed by atoms with van der Waals surface area (Å²) in [5.74, 6) is -1.05. The van der Waals surface area contributed by atoms with Crippen molar-refractivity contribution in [3.05, 3.63) is 59.4 Å². The van der Waals surface area contributed by atoms with Gasteiger partial charge in [0.05, 0.1) is 11.9 Å². The first-order valence-corrected chi connectivity index (χ1v) is 9.27. The highest BCUT2D eigenvalue weighted by molar-refractivity contribution is 7.92. The number of carbonyl (C=O) groups excluding carboxylic acids is 1. The van der Waals surface area contributed by atoms with E-state index in [0.717, 1.165) is 10.6 Å². The lowest BCUT2D eigenvalue weighted by Gasteiger charge is -2.22. The molecule has 1 amide bonds. The number of rotatable bonds is 6. The summed E-state index contributed by atoms with van der Waals surface area (Å²) in [6.45, 7) is -0.167. The summed E-state index contributed by atoms with van der Waals surface area (Å²) in [6.07, 6.45) is 0.848. The number of hydrogen-bond donors (Lipinski definition) is 1. The van der Waals surface area contributed by atoms with Gasteiger partial charge in [0, 0.05) is 23.7 Å². The molecule has 5 nitrogen and oxygen atoms in total. The standard InChI is InChI=1S/C16H16ClFN2O3S/c1-24(22,23)20(15-5-3-2-4-14(15)18)11-10-16(21)19-13-8-6-12(17)7-9-13/h2-9H,10-11H2,1H3,(H,19,21). The third kappa shape index (κ3) is 4.94. The summed E-state index contributed by atoms with van der Waals surface area (Å²) in [5, 5.41) is 3.17. The molecule has 0 fully saturated rings. The van der Waals surface area contributed by atoms with Gasteiger partial charge in [0.2, 0.25) is 15.9 Å². The van der Waals surface area contributed by atoms with Crippen LogP contribution in [0.1, 0.15) is 6.42 Å². The van der Waals surface area contributed by atoms with E-state index < -0.39 is 15.8 Å². The van der Waals surface area contributed by atoms with Crippen LogP contribution in [0.2, 0.25) is 5.02 Å². The molecule has 0 saturated heterocycles. The van der Waals surface area contributed by atoms with Crippen molar-refractivity contribution in [1.82, 2.24) is 0 Å². The number of halogens is 2. The van der Waals surface area contributed by atoms with Crippen molar-refractivity contribution in [2.45, 2.75) is 6.42 Å².